The quantitative estimate of drug-likeness (QED) is 0.282. The summed E-state index contributed by atoms with van der Waals surface area (Å²) in [5.41, 5.74) is 3.94. The molecule has 166 valence electrons. The normalized spacial score (nSPS) is 16.8. The van der Waals surface area contributed by atoms with Crippen molar-refractivity contribution < 1.29 is 18.8 Å². The van der Waals surface area contributed by atoms with Crippen LogP contribution in [0.15, 0.2) is 36.4 Å². The number of amides is 2. The van der Waals surface area contributed by atoms with Gasteiger partial charge in [-0.05, 0) is 63.8 Å². The molecule has 5 N–H and O–H groups in total. The van der Waals surface area contributed by atoms with Crippen LogP contribution in [0.1, 0.15) is 38.8 Å². The summed E-state index contributed by atoms with van der Waals surface area (Å²) in [4.78, 5) is 11.8. The van der Waals surface area contributed by atoms with Crippen LogP contribution in [0.3, 0.4) is 0 Å². The maximum absolute atomic E-state index is 11.8. The van der Waals surface area contributed by atoms with Crippen LogP contribution in [-0.2, 0) is 15.9 Å². The molecule has 2 aromatic rings. The standard InChI is InChI=1S/C21H28BClN4O4/c1-13-11-14(22-30-20(2,3)21(4,5)31-22)9-10-18(13)29-12-15-16(23)7-6-8-17(15)27(25)19(28)26-24/h6-11H,12,24-25H2,1-5H3,(H,26,28). The van der Waals surface area contributed by atoms with E-state index in [1.54, 1.807) is 18.2 Å². The van der Waals surface area contributed by atoms with Crippen LogP contribution in [0.4, 0.5) is 10.5 Å². The summed E-state index contributed by atoms with van der Waals surface area (Å²) in [6.45, 7) is 10.1. The first-order chi connectivity index (χ1) is 14.5. The van der Waals surface area contributed by atoms with Crippen molar-refractivity contribution in [1.29, 1.82) is 0 Å². The van der Waals surface area contributed by atoms with Crippen LogP contribution in [0, 0.1) is 6.92 Å². The minimum absolute atomic E-state index is 0.108. The summed E-state index contributed by atoms with van der Waals surface area (Å²) >= 11 is 6.33. The highest BCUT2D eigenvalue weighted by Crippen LogP contribution is 2.37. The predicted molar refractivity (Wildman–Crippen MR) is 122 cm³/mol. The zero-order valence-corrected chi connectivity index (χ0v) is 19.1. The summed E-state index contributed by atoms with van der Waals surface area (Å²) in [5, 5.41) is 1.31. The molecule has 0 atom stereocenters. The molecule has 0 aromatic heterocycles. The molecule has 0 aliphatic carbocycles. The Labute approximate surface area is 187 Å². The number of ether oxygens (including phenoxy) is 1. The van der Waals surface area contributed by atoms with E-state index in [2.05, 4.69) is 0 Å². The first-order valence-electron chi connectivity index (χ1n) is 9.88. The number of nitrogens with zero attached hydrogens (tertiary/aromatic N) is 1. The number of hydrazine groups is 2. The van der Waals surface area contributed by atoms with Gasteiger partial charge in [0.25, 0.3) is 0 Å². The van der Waals surface area contributed by atoms with E-state index in [4.69, 9.17) is 37.3 Å². The number of hydrogen-bond acceptors (Lipinski definition) is 6. The Balaban J connectivity index is 1.78. The second kappa shape index (κ2) is 8.68. The lowest BCUT2D eigenvalue weighted by atomic mass is 9.78. The number of benzene rings is 2. The number of hydrogen-bond donors (Lipinski definition) is 3. The number of anilines is 1. The first kappa shape index (κ1) is 23.4. The number of halogens is 1. The molecule has 0 unspecified atom stereocenters. The summed E-state index contributed by atoms with van der Waals surface area (Å²) in [5.74, 6) is 11.7. The van der Waals surface area contributed by atoms with Crippen LogP contribution in [0.5, 0.6) is 5.75 Å². The second-order valence-corrected chi connectivity index (χ2v) is 8.87. The van der Waals surface area contributed by atoms with Crippen molar-refractivity contribution in [3.63, 3.8) is 0 Å². The molecule has 0 spiro atoms. The fourth-order valence-electron chi connectivity index (χ4n) is 3.21. The van der Waals surface area contributed by atoms with E-state index in [0.717, 1.165) is 16.0 Å². The number of nitrogens with one attached hydrogen (secondary N) is 1. The Kier molecular flexibility index (Phi) is 6.54. The number of nitrogens with two attached hydrogens (primary N) is 2. The van der Waals surface area contributed by atoms with Crippen molar-refractivity contribution in [1.82, 2.24) is 5.43 Å². The van der Waals surface area contributed by atoms with Gasteiger partial charge in [-0.2, -0.15) is 0 Å². The first-order valence-corrected chi connectivity index (χ1v) is 10.3. The topological polar surface area (TPSA) is 112 Å². The van der Waals surface area contributed by atoms with Gasteiger partial charge in [-0.1, -0.05) is 29.8 Å². The molecule has 0 radical (unpaired) electrons. The summed E-state index contributed by atoms with van der Waals surface area (Å²) < 4.78 is 18.2. The minimum atomic E-state index is -0.675. The summed E-state index contributed by atoms with van der Waals surface area (Å²) in [6.07, 6.45) is 0. The third-order valence-corrected chi connectivity index (χ3v) is 6.15. The monoisotopic (exact) mass is 446 g/mol. The SMILES string of the molecule is Cc1cc(B2OC(C)(C)C(C)(C)O2)ccc1OCc1c(Cl)cccc1N(N)C(=O)NN. The Morgan fingerprint density at radius 1 is 1.19 bits per heavy atom. The van der Waals surface area contributed by atoms with Gasteiger partial charge < -0.3 is 14.0 Å². The molecule has 1 aliphatic rings. The molecule has 8 nitrogen and oxygen atoms in total. The highest BCUT2D eigenvalue weighted by Gasteiger charge is 2.51. The lowest BCUT2D eigenvalue weighted by molar-refractivity contribution is 0.00578. The average Bonchev–Trinajstić information content (AvgIpc) is 2.93. The Morgan fingerprint density at radius 3 is 2.42 bits per heavy atom. The molecule has 1 fully saturated rings. The maximum Gasteiger partial charge on any atom is 0.494 e. The molecule has 1 saturated heterocycles. The van der Waals surface area contributed by atoms with Crippen molar-refractivity contribution in [2.45, 2.75) is 52.4 Å². The molecule has 1 heterocycles. The molecular weight excluding hydrogens is 419 g/mol. The smallest absolute Gasteiger partial charge is 0.488 e. The highest BCUT2D eigenvalue weighted by atomic mass is 35.5. The average molecular weight is 447 g/mol. The molecule has 31 heavy (non-hydrogen) atoms. The molecule has 2 amide bonds. The number of carbonyl (C=O) groups excluding carboxylic acids is 1. The lowest BCUT2D eigenvalue weighted by Crippen LogP contribution is -2.48. The van der Waals surface area contributed by atoms with E-state index in [0.29, 0.717) is 22.0 Å². The van der Waals surface area contributed by atoms with Gasteiger partial charge in [0.2, 0.25) is 0 Å². The van der Waals surface area contributed by atoms with Crippen LogP contribution >= 0.6 is 11.6 Å². The molecule has 1 aliphatic heterocycles. The van der Waals surface area contributed by atoms with Gasteiger partial charge in [-0.25, -0.2) is 21.5 Å². The maximum atomic E-state index is 11.8. The zero-order valence-electron chi connectivity index (χ0n) is 18.4. The van der Waals surface area contributed by atoms with Crippen molar-refractivity contribution in [3.8, 4) is 5.75 Å². The zero-order chi connectivity index (χ0) is 23.0. The Morgan fingerprint density at radius 2 is 1.84 bits per heavy atom. The molecule has 0 saturated carbocycles. The minimum Gasteiger partial charge on any atom is -0.488 e. The van der Waals surface area contributed by atoms with Gasteiger partial charge >= 0.3 is 13.1 Å². The van der Waals surface area contributed by atoms with Gasteiger partial charge in [-0.3, -0.25) is 5.43 Å². The number of carbonyl (C=O) groups is 1. The lowest BCUT2D eigenvalue weighted by Gasteiger charge is -2.32. The van der Waals surface area contributed by atoms with Crippen molar-refractivity contribution in [3.05, 3.63) is 52.5 Å². The van der Waals surface area contributed by atoms with Gasteiger partial charge in [-0.15, -0.1) is 0 Å². The number of rotatable bonds is 5. The van der Waals surface area contributed by atoms with Crippen LogP contribution in [-0.4, -0.2) is 24.4 Å². The van der Waals surface area contributed by atoms with Crippen LogP contribution in [0.2, 0.25) is 5.02 Å². The largest absolute Gasteiger partial charge is 0.494 e. The van der Waals surface area contributed by atoms with E-state index in [1.807, 2.05) is 58.2 Å². The molecule has 3 rings (SSSR count). The van der Waals surface area contributed by atoms with Crippen molar-refractivity contribution >= 4 is 35.9 Å². The van der Waals surface area contributed by atoms with Gasteiger partial charge in [0.15, 0.2) is 0 Å². The van der Waals surface area contributed by atoms with Gasteiger partial charge in [0.05, 0.1) is 16.9 Å². The Bertz CT molecular complexity index is 970. The van der Waals surface area contributed by atoms with E-state index in [-0.39, 0.29) is 6.61 Å². The van der Waals surface area contributed by atoms with E-state index in [1.165, 1.54) is 0 Å². The number of urea groups is 1. The van der Waals surface area contributed by atoms with Gasteiger partial charge in [0, 0.05) is 10.6 Å². The van der Waals surface area contributed by atoms with Gasteiger partial charge in [0.1, 0.15) is 12.4 Å². The molecule has 10 heteroatoms. The summed E-state index contributed by atoms with van der Waals surface area (Å²) in [7, 11) is -0.450. The fourth-order valence-corrected chi connectivity index (χ4v) is 3.43. The fraction of sp³-hybridized carbons (Fsp3) is 0.381. The molecule has 2 aromatic carbocycles. The predicted octanol–water partition coefficient (Wildman–Crippen LogP) is 2.79. The third kappa shape index (κ3) is 4.66. The number of aryl methyl sites for hydroxylation is 1. The second-order valence-electron chi connectivity index (χ2n) is 8.46. The summed E-state index contributed by atoms with van der Waals surface area (Å²) in [6, 6.07) is 10.1. The van der Waals surface area contributed by atoms with Crippen LogP contribution in [0.25, 0.3) is 0 Å². The Hall–Kier alpha value is -2.30. The van der Waals surface area contributed by atoms with E-state index < -0.39 is 24.4 Å². The molecular formula is C21H28BClN4O4. The van der Waals surface area contributed by atoms with Crippen molar-refractivity contribution in [2.24, 2.45) is 11.7 Å². The van der Waals surface area contributed by atoms with E-state index in [9.17, 15) is 4.79 Å². The highest BCUT2D eigenvalue weighted by molar-refractivity contribution is 6.62. The molecule has 0 bridgehead atoms. The van der Waals surface area contributed by atoms with Crippen LogP contribution < -0.4 is 32.3 Å². The van der Waals surface area contributed by atoms with E-state index >= 15 is 0 Å². The van der Waals surface area contributed by atoms with Crippen molar-refractivity contribution in [2.75, 3.05) is 5.01 Å². The third-order valence-electron chi connectivity index (χ3n) is 5.79.